The van der Waals surface area contributed by atoms with Gasteiger partial charge in [0.05, 0.1) is 12.1 Å². The Labute approximate surface area is 155 Å². The number of H-pyrrole nitrogens is 1. The van der Waals surface area contributed by atoms with E-state index in [1.165, 1.54) is 12.1 Å². The maximum atomic E-state index is 13.0. The standard InChI is InChI=1S/C20H19FN4O2/c1-2-22-19(26)11-13-3-9-16(10-4-13)23-20(27)18-12-17(24-25-18)14-5-7-15(21)8-6-14/h3-10,12H,2,11H2,1H3,(H,22,26)(H,23,27)(H,24,25). The average molecular weight is 366 g/mol. The third kappa shape index (κ3) is 4.78. The number of nitrogens with zero attached hydrogens (tertiary/aromatic N) is 1. The average Bonchev–Trinajstić information content (AvgIpc) is 3.14. The summed E-state index contributed by atoms with van der Waals surface area (Å²) in [6.07, 6.45) is 0.295. The lowest BCUT2D eigenvalue weighted by atomic mass is 10.1. The van der Waals surface area contributed by atoms with Crippen LogP contribution in [0.2, 0.25) is 0 Å². The Balaban J connectivity index is 1.63. The predicted molar refractivity (Wildman–Crippen MR) is 101 cm³/mol. The van der Waals surface area contributed by atoms with Crippen LogP contribution in [0.4, 0.5) is 10.1 Å². The number of benzene rings is 2. The van der Waals surface area contributed by atoms with Gasteiger partial charge < -0.3 is 10.6 Å². The fourth-order valence-corrected chi connectivity index (χ4v) is 2.56. The third-order valence-corrected chi connectivity index (χ3v) is 3.91. The molecule has 0 aliphatic heterocycles. The summed E-state index contributed by atoms with van der Waals surface area (Å²) in [7, 11) is 0. The summed E-state index contributed by atoms with van der Waals surface area (Å²) in [5.41, 5.74) is 3.02. The molecule has 0 saturated carbocycles. The number of carbonyl (C=O) groups excluding carboxylic acids is 2. The summed E-state index contributed by atoms with van der Waals surface area (Å²) < 4.78 is 13.0. The number of likely N-dealkylation sites (N-methyl/N-ethyl adjacent to an activating group) is 1. The van der Waals surface area contributed by atoms with E-state index in [9.17, 15) is 14.0 Å². The lowest BCUT2D eigenvalue weighted by molar-refractivity contribution is -0.120. The summed E-state index contributed by atoms with van der Waals surface area (Å²) >= 11 is 0. The molecule has 0 aliphatic carbocycles. The molecule has 2 aromatic carbocycles. The summed E-state index contributed by atoms with van der Waals surface area (Å²) in [4.78, 5) is 23.9. The minimum Gasteiger partial charge on any atom is -0.356 e. The molecule has 0 spiro atoms. The summed E-state index contributed by atoms with van der Waals surface area (Å²) in [6, 6.07) is 14.5. The van der Waals surface area contributed by atoms with Crippen molar-refractivity contribution in [1.82, 2.24) is 15.5 Å². The molecule has 0 saturated heterocycles. The molecule has 3 N–H and O–H groups in total. The first-order valence-corrected chi connectivity index (χ1v) is 8.53. The largest absolute Gasteiger partial charge is 0.356 e. The molecule has 2 amide bonds. The summed E-state index contributed by atoms with van der Waals surface area (Å²) in [5.74, 6) is -0.713. The minimum absolute atomic E-state index is 0.0416. The topological polar surface area (TPSA) is 86.9 Å². The van der Waals surface area contributed by atoms with Crippen molar-refractivity contribution in [3.63, 3.8) is 0 Å². The number of rotatable bonds is 6. The van der Waals surface area contributed by atoms with E-state index in [1.54, 1.807) is 42.5 Å². The second-order valence-corrected chi connectivity index (χ2v) is 5.96. The number of anilines is 1. The Bertz CT molecular complexity index is 933. The first-order valence-electron chi connectivity index (χ1n) is 8.53. The number of halogens is 1. The van der Waals surface area contributed by atoms with Gasteiger partial charge in [-0.2, -0.15) is 5.10 Å². The van der Waals surface area contributed by atoms with Gasteiger partial charge in [-0.3, -0.25) is 14.7 Å². The van der Waals surface area contributed by atoms with E-state index in [0.717, 1.165) is 5.56 Å². The smallest absolute Gasteiger partial charge is 0.273 e. The van der Waals surface area contributed by atoms with Crippen LogP contribution in [0.5, 0.6) is 0 Å². The second kappa shape index (κ2) is 8.27. The van der Waals surface area contributed by atoms with E-state index in [-0.39, 0.29) is 17.6 Å². The number of carbonyl (C=O) groups is 2. The van der Waals surface area contributed by atoms with E-state index >= 15 is 0 Å². The number of hydrogen-bond acceptors (Lipinski definition) is 3. The Hall–Kier alpha value is -3.48. The molecular weight excluding hydrogens is 347 g/mol. The summed E-state index contributed by atoms with van der Waals surface area (Å²) in [5, 5.41) is 12.3. The van der Waals surface area contributed by atoms with Gasteiger partial charge in [-0.15, -0.1) is 0 Å². The molecule has 0 radical (unpaired) electrons. The minimum atomic E-state index is -0.340. The predicted octanol–water partition coefficient (Wildman–Crippen LogP) is 3.15. The fraction of sp³-hybridized carbons (Fsp3) is 0.150. The fourth-order valence-electron chi connectivity index (χ4n) is 2.56. The molecule has 0 aliphatic rings. The van der Waals surface area contributed by atoms with E-state index in [2.05, 4.69) is 20.8 Å². The van der Waals surface area contributed by atoms with Gasteiger partial charge in [-0.1, -0.05) is 12.1 Å². The monoisotopic (exact) mass is 366 g/mol. The van der Waals surface area contributed by atoms with Crippen LogP contribution in [0.3, 0.4) is 0 Å². The number of aromatic amines is 1. The maximum absolute atomic E-state index is 13.0. The van der Waals surface area contributed by atoms with Crippen LogP contribution in [0, 0.1) is 5.82 Å². The molecule has 1 aromatic heterocycles. The molecule has 3 aromatic rings. The van der Waals surface area contributed by atoms with Gasteiger partial charge >= 0.3 is 0 Å². The highest BCUT2D eigenvalue weighted by molar-refractivity contribution is 6.03. The number of aromatic nitrogens is 2. The van der Waals surface area contributed by atoms with Crippen LogP contribution in [0.25, 0.3) is 11.3 Å². The Morgan fingerprint density at radius 3 is 2.44 bits per heavy atom. The van der Waals surface area contributed by atoms with Gasteiger partial charge in [-0.05, 0) is 55.0 Å². The molecule has 138 valence electrons. The quantitative estimate of drug-likeness (QED) is 0.626. The van der Waals surface area contributed by atoms with Gasteiger partial charge in [0.15, 0.2) is 0 Å². The van der Waals surface area contributed by atoms with Crippen molar-refractivity contribution in [3.8, 4) is 11.3 Å². The summed E-state index contributed by atoms with van der Waals surface area (Å²) in [6.45, 7) is 2.46. The van der Waals surface area contributed by atoms with Crippen molar-refractivity contribution in [2.24, 2.45) is 0 Å². The van der Waals surface area contributed by atoms with E-state index < -0.39 is 0 Å². The van der Waals surface area contributed by atoms with Gasteiger partial charge in [0.2, 0.25) is 5.91 Å². The van der Waals surface area contributed by atoms with Gasteiger partial charge in [-0.25, -0.2) is 4.39 Å². The zero-order valence-corrected chi connectivity index (χ0v) is 14.8. The van der Waals surface area contributed by atoms with E-state index in [1.807, 2.05) is 6.92 Å². The molecule has 27 heavy (non-hydrogen) atoms. The first-order chi connectivity index (χ1) is 13.0. The van der Waals surface area contributed by atoms with Gasteiger partial charge in [0.25, 0.3) is 5.91 Å². The van der Waals surface area contributed by atoms with Crippen LogP contribution in [-0.2, 0) is 11.2 Å². The van der Waals surface area contributed by atoms with Gasteiger partial charge in [0.1, 0.15) is 11.5 Å². The highest BCUT2D eigenvalue weighted by Gasteiger charge is 2.12. The Kier molecular flexibility index (Phi) is 5.61. The zero-order chi connectivity index (χ0) is 19.2. The van der Waals surface area contributed by atoms with Crippen LogP contribution in [-0.4, -0.2) is 28.6 Å². The van der Waals surface area contributed by atoms with Crippen molar-refractivity contribution in [1.29, 1.82) is 0 Å². The van der Waals surface area contributed by atoms with Crippen molar-refractivity contribution in [3.05, 3.63) is 71.7 Å². The van der Waals surface area contributed by atoms with Crippen molar-refractivity contribution in [2.45, 2.75) is 13.3 Å². The maximum Gasteiger partial charge on any atom is 0.273 e. The normalized spacial score (nSPS) is 10.4. The van der Waals surface area contributed by atoms with E-state index in [4.69, 9.17) is 0 Å². The number of hydrogen-bond donors (Lipinski definition) is 3. The molecule has 3 rings (SSSR count). The first kappa shape index (κ1) is 18.3. The Morgan fingerprint density at radius 1 is 1.07 bits per heavy atom. The van der Waals surface area contributed by atoms with Gasteiger partial charge in [0, 0.05) is 17.8 Å². The molecule has 0 atom stereocenters. The lowest BCUT2D eigenvalue weighted by Crippen LogP contribution is -2.24. The molecule has 1 heterocycles. The molecule has 0 fully saturated rings. The van der Waals surface area contributed by atoms with E-state index in [0.29, 0.717) is 35.6 Å². The van der Waals surface area contributed by atoms with Crippen molar-refractivity contribution in [2.75, 3.05) is 11.9 Å². The highest BCUT2D eigenvalue weighted by atomic mass is 19.1. The number of nitrogens with one attached hydrogen (secondary N) is 3. The molecule has 6 nitrogen and oxygen atoms in total. The molecule has 7 heteroatoms. The van der Waals surface area contributed by atoms with Crippen LogP contribution >= 0.6 is 0 Å². The SMILES string of the molecule is CCNC(=O)Cc1ccc(NC(=O)c2cc(-c3ccc(F)cc3)n[nH]2)cc1. The molecule has 0 bridgehead atoms. The van der Waals surface area contributed by atoms with Crippen molar-refractivity contribution < 1.29 is 14.0 Å². The highest BCUT2D eigenvalue weighted by Crippen LogP contribution is 2.19. The van der Waals surface area contributed by atoms with Crippen LogP contribution < -0.4 is 10.6 Å². The van der Waals surface area contributed by atoms with Crippen LogP contribution in [0.15, 0.2) is 54.6 Å². The van der Waals surface area contributed by atoms with Crippen LogP contribution in [0.1, 0.15) is 23.0 Å². The molecular formula is C20H19FN4O2. The third-order valence-electron chi connectivity index (χ3n) is 3.91. The lowest BCUT2D eigenvalue weighted by Gasteiger charge is -2.06. The zero-order valence-electron chi connectivity index (χ0n) is 14.8. The Morgan fingerprint density at radius 2 is 1.78 bits per heavy atom. The van der Waals surface area contributed by atoms with Crippen molar-refractivity contribution >= 4 is 17.5 Å². The number of amides is 2. The second-order valence-electron chi connectivity index (χ2n) is 5.96. The molecule has 0 unspecified atom stereocenters.